The summed E-state index contributed by atoms with van der Waals surface area (Å²) < 4.78 is 0. The fraction of sp³-hybridized carbons (Fsp3) is 0.857. The zero-order valence-electron chi connectivity index (χ0n) is 11.2. The molecule has 4 saturated carbocycles. The van der Waals surface area contributed by atoms with Crippen LogP contribution in [0.5, 0.6) is 0 Å². The smallest absolute Gasteiger partial charge is 0.237 e. The lowest BCUT2D eigenvalue weighted by atomic mass is 9.50. The molecule has 4 bridgehead atoms. The summed E-state index contributed by atoms with van der Waals surface area (Å²) in [4.78, 5) is 22.7. The zero-order chi connectivity index (χ0) is 13.6. The molecule has 4 aliphatic carbocycles. The van der Waals surface area contributed by atoms with Crippen molar-refractivity contribution in [1.29, 1.82) is 0 Å². The zero-order valence-corrected chi connectivity index (χ0v) is 11.2. The van der Waals surface area contributed by atoms with Gasteiger partial charge in [-0.2, -0.15) is 0 Å². The Balaban J connectivity index is 1.65. The average molecular weight is 265 g/mol. The molecule has 5 N–H and O–H groups in total. The van der Waals surface area contributed by atoms with Gasteiger partial charge >= 0.3 is 0 Å². The molecule has 0 aromatic carbocycles. The Morgan fingerprint density at radius 2 is 1.58 bits per heavy atom. The first-order valence-electron chi connectivity index (χ1n) is 7.36. The first-order chi connectivity index (χ1) is 9.04. The van der Waals surface area contributed by atoms with Gasteiger partial charge in [-0.1, -0.05) is 0 Å². The number of hydrogen-bond acceptors (Lipinski definition) is 3. The third kappa shape index (κ3) is 2.36. The van der Waals surface area contributed by atoms with Crippen LogP contribution in [-0.2, 0) is 9.59 Å². The second kappa shape index (κ2) is 4.78. The topological polar surface area (TPSA) is 98.2 Å². The van der Waals surface area contributed by atoms with E-state index < -0.39 is 11.9 Å². The second-order valence-electron chi connectivity index (χ2n) is 6.72. The highest BCUT2D eigenvalue weighted by Crippen LogP contribution is 2.57. The van der Waals surface area contributed by atoms with Crippen molar-refractivity contribution < 1.29 is 9.59 Å². The van der Waals surface area contributed by atoms with E-state index in [2.05, 4.69) is 5.32 Å². The van der Waals surface area contributed by atoms with Gasteiger partial charge in [-0.25, -0.2) is 0 Å². The van der Waals surface area contributed by atoms with Gasteiger partial charge in [-0.3, -0.25) is 9.59 Å². The molecule has 19 heavy (non-hydrogen) atoms. The van der Waals surface area contributed by atoms with E-state index in [0.717, 1.165) is 11.8 Å². The van der Waals surface area contributed by atoms with Crippen molar-refractivity contribution >= 4 is 11.8 Å². The van der Waals surface area contributed by atoms with E-state index in [1.54, 1.807) is 0 Å². The minimum atomic E-state index is -0.523. The summed E-state index contributed by atoms with van der Waals surface area (Å²) in [5.74, 6) is 2.55. The van der Waals surface area contributed by atoms with Crippen molar-refractivity contribution in [2.75, 3.05) is 6.54 Å². The van der Waals surface area contributed by atoms with Crippen LogP contribution in [0.1, 0.15) is 32.1 Å². The van der Waals surface area contributed by atoms with Crippen LogP contribution in [0.25, 0.3) is 0 Å². The SMILES string of the molecule is NC(=O)CNC(=O)C(N)C1C2CC3CC(C2)CC1C3. The van der Waals surface area contributed by atoms with Gasteiger partial charge in [0, 0.05) is 0 Å². The Kier molecular flexibility index (Phi) is 3.25. The number of amides is 2. The fourth-order valence-electron chi connectivity index (χ4n) is 5.02. The molecule has 0 radical (unpaired) electrons. The number of primary amides is 1. The van der Waals surface area contributed by atoms with Gasteiger partial charge in [-0.15, -0.1) is 0 Å². The summed E-state index contributed by atoms with van der Waals surface area (Å²) in [6.07, 6.45) is 6.37. The molecule has 106 valence electrons. The quantitative estimate of drug-likeness (QED) is 0.666. The molecule has 4 fully saturated rings. The number of nitrogens with one attached hydrogen (secondary N) is 1. The van der Waals surface area contributed by atoms with Crippen LogP contribution in [0.2, 0.25) is 0 Å². The summed E-state index contributed by atoms with van der Waals surface area (Å²) in [7, 11) is 0. The van der Waals surface area contributed by atoms with Crippen molar-refractivity contribution in [2.45, 2.75) is 38.1 Å². The Labute approximate surface area is 113 Å². The molecule has 1 atom stereocenters. The molecule has 4 rings (SSSR count). The average Bonchev–Trinajstić information content (AvgIpc) is 2.34. The van der Waals surface area contributed by atoms with Gasteiger partial charge in [0.1, 0.15) is 0 Å². The lowest BCUT2D eigenvalue weighted by Gasteiger charge is -2.55. The van der Waals surface area contributed by atoms with Gasteiger partial charge in [0.05, 0.1) is 12.6 Å². The van der Waals surface area contributed by atoms with Crippen LogP contribution in [0.4, 0.5) is 0 Å². The molecule has 0 aromatic heterocycles. The van der Waals surface area contributed by atoms with E-state index in [9.17, 15) is 9.59 Å². The first-order valence-corrected chi connectivity index (χ1v) is 7.36. The molecule has 0 heterocycles. The summed E-state index contributed by atoms with van der Waals surface area (Å²) >= 11 is 0. The predicted molar refractivity (Wildman–Crippen MR) is 70.7 cm³/mol. The number of rotatable bonds is 4. The molecule has 0 aromatic rings. The Hall–Kier alpha value is -1.10. The van der Waals surface area contributed by atoms with Gasteiger partial charge in [0.15, 0.2) is 0 Å². The van der Waals surface area contributed by atoms with E-state index in [1.165, 1.54) is 32.1 Å². The van der Waals surface area contributed by atoms with Crippen molar-refractivity contribution in [3.8, 4) is 0 Å². The Morgan fingerprint density at radius 1 is 1.05 bits per heavy atom. The minimum Gasteiger partial charge on any atom is -0.368 e. The maximum atomic E-state index is 12.0. The maximum Gasteiger partial charge on any atom is 0.237 e. The first kappa shape index (κ1) is 12.9. The van der Waals surface area contributed by atoms with Crippen molar-refractivity contribution in [3.63, 3.8) is 0 Å². The number of carbonyl (C=O) groups excluding carboxylic acids is 2. The summed E-state index contributed by atoms with van der Waals surface area (Å²) in [6.45, 7) is -0.111. The third-order valence-corrected chi connectivity index (χ3v) is 5.45. The fourth-order valence-corrected chi connectivity index (χ4v) is 5.02. The lowest BCUT2D eigenvalue weighted by Crippen LogP contribution is -2.57. The van der Waals surface area contributed by atoms with Crippen LogP contribution < -0.4 is 16.8 Å². The van der Waals surface area contributed by atoms with Gasteiger partial charge in [-0.05, 0) is 61.7 Å². The van der Waals surface area contributed by atoms with Crippen LogP contribution in [0.15, 0.2) is 0 Å². The highest BCUT2D eigenvalue weighted by molar-refractivity contribution is 5.86. The molecule has 4 aliphatic rings. The number of carbonyl (C=O) groups is 2. The van der Waals surface area contributed by atoms with Crippen LogP contribution in [-0.4, -0.2) is 24.4 Å². The van der Waals surface area contributed by atoms with Gasteiger partial charge < -0.3 is 16.8 Å². The maximum absolute atomic E-state index is 12.0. The Morgan fingerprint density at radius 3 is 2.05 bits per heavy atom. The summed E-state index contributed by atoms with van der Waals surface area (Å²) in [5.41, 5.74) is 11.2. The Bertz CT molecular complexity index is 368. The summed E-state index contributed by atoms with van der Waals surface area (Å²) in [6, 6.07) is -0.477. The monoisotopic (exact) mass is 265 g/mol. The van der Waals surface area contributed by atoms with Gasteiger partial charge in [0.25, 0.3) is 0 Å². The second-order valence-corrected chi connectivity index (χ2v) is 6.72. The normalized spacial score (nSPS) is 41.0. The molecule has 2 amide bonds. The minimum absolute atomic E-state index is 0.111. The highest BCUT2D eigenvalue weighted by Gasteiger charge is 2.51. The van der Waals surface area contributed by atoms with Crippen LogP contribution in [0.3, 0.4) is 0 Å². The molecule has 0 aliphatic heterocycles. The van der Waals surface area contributed by atoms with E-state index in [4.69, 9.17) is 11.5 Å². The highest BCUT2D eigenvalue weighted by atomic mass is 16.2. The van der Waals surface area contributed by atoms with E-state index in [1.807, 2.05) is 0 Å². The standard InChI is InChI=1S/C14H23N3O2/c15-11(18)6-17-14(19)13(16)12-9-2-7-1-8(4-9)5-10(12)3-7/h7-10,12-13H,1-6,16H2,(H2,15,18)(H,17,19). The molecule has 5 nitrogen and oxygen atoms in total. The third-order valence-electron chi connectivity index (χ3n) is 5.45. The van der Waals surface area contributed by atoms with Crippen molar-refractivity contribution in [3.05, 3.63) is 0 Å². The molecule has 5 heteroatoms. The molecule has 0 saturated heterocycles. The molecule has 1 unspecified atom stereocenters. The molecular weight excluding hydrogens is 242 g/mol. The van der Waals surface area contributed by atoms with E-state index >= 15 is 0 Å². The van der Waals surface area contributed by atoms with Crippen LogP contribution in [0, 0.1) is 29.6 Å². The van der Waals surface area contributed by atoms with Gasteiger partial charge in [0.2, 0.25) is 11.8 Å². The van der Waals surface area contributed by atoms with Crippen molar-refractivity contribution in [1.82, 2.24) is 5.32 Å². The van der Waals surface area contributed by atoms with E-state index in [-0.39, 0.29) is 12.5 Å². The largest absolute Gasteiger partial charge is 0.368 e. The van der Waals surface area contributed by atoms with Crippen molar-refractivity contribution in [2.24, 2.45) is 41.1 Å². The molecular formula is C14H23N3O2. The number of hydrogen-bond donors (Lipinski definition) is 3. The molecule has 0 spiro atoms. The number of nitrogens with two attached hydrogens (primary N) is 2. The van der Waals surface area contributed by atoms with E-state index in [0.29, 0.717) is 17.8 Å². The van der Waals surface area contributed by atoms with Crippen LogP contribution >= 0.6 is 0 Å². The lowest BCUT2D eigenvalue weighted by molar-refractivity contribution is -0.130. The predicted octanol–water partition coefficient (Wildman–Crippen LogP) is -0.0125. The summed E-state index contributed by atoms with van der Waals surface area (Å²) in [5, 5.41) is 2.55.